The molecule has 1 saturated carbocycles. The van der Waals surface area contributed by atoms with Gasteiger partial charge in [0.15, 0.2) is 0 Å². The van der Waals surface area contributed by atoms with E-state index in [1.807, 2.05) is 0 Å². The summed E-state index contributed by atoms with van der Waals surface area (Å²) in [4.78, 5) is 4.11. The minimum Gasteiger partial charge on any atom is -0.327 e. The molecule has 0 bridgehead atoms. The quantitative estimate of drug-likeness (QED) is 0.748. The number of para-hydroxylation sites is 1. The standard InChI is InChI=1S/C14H15F3N2/c1-13(2)6-9(7-13)19-8-18-11-5-3-4-10(12(11)19)14(15,16)17/h3-5,8-9H,6-7H2,1-2H3. The number of fused-ring (bicyclic) bond motifs is 1. The van der Waals surface area contributed by atoms with E-state index in [1.165, 1.54) is 6.07 Å². The number of aromatic nitrogens is 2. The first-order chi connectivity index (χ1) is 8.78. The molecule has 0 aliphatic heterocycles. The van der Waals surface area contributed by atoms with Gasteiger partial charge in [0.1, 0.15) is 0 Å². The third kappa shape index (κ3) is 2.01. The summed E-state index contributed by atoms with van der Waals surface area (Å²) in [6.45, 7) is 4.26. The van der Waals surface area contributed by atoms with Crippen LogP contribution in [0.2, 0.25) is 0 Å². The minimum atomic E-state index is -4.34. The van der Waals surface area contributed by atoms with Gasteiger partial charge in [0, 0.05) is 6.04 Å². The Morgan fingerprint density at radius 2 is 1.95 bits per heavy atom. The molecule has 1 heterocycles. The predicted octanol–water partition coefficient (Wildman–Crippen LogP) is 4.42. The molecule has 0 N–H and O–H groups in total. The van der Waals surface area contributed by atoms with Crippen LogP contribution in [0.15, 0.2) is 24.5 Å². The molecule has 102 valence electrons. The number of alkyl halides is 3. The molecule has 1 aliphatic carbocycles. The number of hydrogen-bond acceptors (Lipinski definition) is 1. The van der Waals surface area contributed by atoms with Crippen molar-refractivity contribution in [2.45, 2.75) is 38.9 Å². The van der Waals surface area contributed by atoms with Gasteiger partial charge in [-0.25, -0.2) is 4.98 Å². The largest absolute Gasteiger partial charge is 0.418 e. The summed E-state index contributed by atoms with van der Waals surface area (Å²) in [5.74, 6) is 0. The first-order valence-electron chi connectivity index (χ1n) is 6.31. The van der Waals surface area contributed by atoms with Crippen molar-refractivity contribution < 1.29 is 13.2 Å². The average Bonchev–Trinajstić information content (AvgIpc) is 2.67. The maximum atomic E-state index is 13.1. The zero-order chi connectivity index (χ0) is 13.8. The SMILES string of the molecule is CC1(C)CC(n2cnc3cccc(C(F)(F)F)c32)C1. The van der Waals surface area contributed by atoms with E-state index in [0.717, 1.165) is 18.9 Å². The van der Waals surface area contributed by atoms with Crippen LogP contribution in [-0.4, -0.2) is 9.55 Å². The van der Waals surface area contributed by atoms with Crippen molar-refractivity contribution in [3.05, 3.63) is 30.1 Å². The van der Waals surface area contributed by atoms with Gasteiger partial charge in [0.2, 0.25) is 0 Å². The molecule has 19 heavy (non-hydrogen) atoms. The molecule has 3 rings (SSSR count). The van der Waals surface area contributed by atoms with Crippen molar-refractivity contribution in [2.75, 3.05) is 0 Å². The van der Waals surface area contributed by atoms with Gasteiger partial charge in [-0.2, -0.15) is 13.2 Å². The summed E-state index contributed by atoms with van der Waals surface area (Å²) in [6.07, 6.45) is -1.01. The number of halogens is 3. The van der Waals surface area contributed by atoms with Crippen molar-refractivity contribution in [2.24, 2.45) is 5.41 Å². The molecule has 0 radical (unpaired) electrons. The monoisotopic (exact) mass is 268 g/mol. The highest BCUT2D eigenvalue weighted by Crippen LogP contribution is 2.49. The topological polar surface area (TPSA) is 17.8 Å². The Hall–Kier alpha value is -1.52. The second-order valence-corrected chi connectivity index (χ2v) is 6.05. The molecule has 1 aliphatic rings. The van der Waals surface area contributed by atoms with E-state index >= 15 is 0 Å². The van der Waals surface area contributed by atoms with Crippen LogP contribution in [0.5, 0.6) is 0 Å². The lowest BCUT2D eigenvalue weighted by Crippen LogP contribution is -2.33. The Morgan fingerprint density at radius 1 is 1.26 bits per heavy atom. The molecule has 0 unspecified atom stereocenters. The average molecular weight is 268 g/mol. The number of nitrogens with zero attached hydrogens (tertiary/aromatic N) is 2. The lowest BCUT2D eigenvalue weighted by atomic mass is 9.68. The van der Waals surface area contributed by atoms with E-state index in [2.05, 4.69) is 18.8 Å². The van der Waals surface area contributed by atoms with E-state index in [0.29, 0.717) is 5.52 Å². The fourth-order valence-corrected chi connectivity index (χ4v) is 3.01. The summed E-state index contributed by atoms with van der Waals surface area (Å²) in [5, 5.41) is 0. The molecule has 1 aromatic heterocycles. The van der Waals surface area contributed by atoms with E-state index in [9.17, 15) is 13.2 Å². The second-order valence-electron chi connectivity index (χ2n) is 6.05. The van der Waals surface area contributed by atoms with Gasteiger partial charge in [-0.05, 0) is 30.4 Å². The fourth-order valence-electron chi connectivity index (χ4n) is 3.01. The van der Waals surface area contributed by atoms with Crippen LogP contribution >= 0.6 is 0 Å². The molecule has 2 nitrogen and oxygen atoms in total. The van der Waals surface area contributed by atoms with Crippen LogP contribution in [0.25, 0.3) is 11.0 Å². The summed E-state index contributed by atoms with van der Waals surface area (Å²) >= 11 is 0. The third-order valence-electron chi connectivity index (χ3n) is 3.87. The summed E-state index contributed by atoms with van der Waals surface area (Å²) < 4.78 is 40.9. The Morgan fingerprint density at radius 3 is 2.53 bits per heavy atom. The number of hydrogen-bond donors (Lipinski definition) is 0. The van der Waals surface area contributed by atoms with Crippen LogP contribution in [0.1, 0.15) is 38.3 Å². The Balaban J connectivity index is 2.12. The van der Waals surface area contributed by atoms with Gasteiger partial charge in [0.05, 0.1) is 22.9 Å². The Kier molecular flexibility index (Phi) is 2.46. The summed E-state index contributed by atoms with van der Waals surface area (Å²) in [7, 11) is 0. The first kappa shape index (κ1) is 12.5. The van der Waals surface area contributed by atoms with Crippen LogP contribution in [0, 0.1) is 5.41 Å². The van der Waals surface area contributed by atoms with Gasteiger partial charge >= 0.3 is 6.18 Å². The minimum absolute atomic E-state index is 0.128. The normalized spacial score (nSPS) is 19.6. The summed E-state index contributed by atoms with van der Waals surface area (Å²) in [5.41, 5.74) is 0.260. The van der Waals surface area contributed by atoms with Crippen molar-refractivity contribution in [1.82, 2.24) is 9.55 Å². The predicted molar refractivity (Wildman–Crippen MR) is 66.8 cm³/mol. The van der Waals surface area contributed by atoms with Crippen molar-refractivity contribution in [3.8, 4) is 0 Å². The maximum absolute atomic E-state index is 13.1. The zero-order valence-corrected chi connectivity index (χ0v) is 10.8. The molecule has 2 aromatic rings. The number of imidazole rings is 1. The molecular weight excluding hydrogens is 253 g/mol. The van der Waals surface area contributed by atoms with Crippen molar-refractivity contribution in [1.29, 1.82) is 0 Å². The molecular formula is C14H15F3N2. The number of benzene rings is 1. The lowest BCUT2D eigenvalue weighted by molar-refractivity contribution is -0.136. The van der Waals surface area contributed by atoms with Crippen molar-refractivity contribution >= 4 is 11.0 Å². The van der Waals surface area contributed by atoms with E-state index in [1.54, 1.807) is 17.0 Å². The highest BCUT2D eigenvalue weighted by atomic mass is 19.4. The van der Waals surface area contributed by atoms with E-state index in [-0.39, 0.29) is 17.0 Å². The molecule has 0 amide bonds. The Bertz CT molecular complexity index is 617. The van der Waals surface area contributed by atoms with Gasteiger partial charge in [-0.1, -0.05) is 19.9 Å². The second kappa shape index (κ2) is 3.74. The van der Waals surface area contributed by atoms with Gasteiger partial charge in [0.25, 0.3) is 0 Å². The molecule has 0 saturated heterocycles. The van der Waals surface area contributed by atoms with Crippen LogP contribution in [0.4, 0.5) is 13.2 Å². The lowest BCUT2D eigenvalue weighted by Gasteiger charge is -2.43. The van der Waals surface area contributed by atoms with E-state index < -0.39 is 11.7 Å². The van der Waals surface area contributed by atoms with Gasteiger partial charge in [-0.15, -0.1) is 0 Å². The van der Waals surface area contributed by atoms with Gasteiger partial charge < -0.3 is 4.57 Å². The smallest absolute Gasteiger partial charge is 0.327 e. The number of rotatable bonds is 1. The zero-order valence-electron chi connectivity index (χ0n) is 10.8. The molecule has 1 aromatic carbocycles. The first-order valence-corrected chi connectivity index (χ1v) is 6.31. The fraction of sp³-hybridized carbons (Fsp3) is 0.500. The molecule has 5 heteroatoms. The third-order valence-corrected chi connectivity index (χ3v) is 3.87. The molecule has 0 spiro atoms. The van der Waals surface area contributed by atoms with Crippen molar-refractivity contribution in [3.63, 3.8) is 0 Å². The van der Waals surface area contributed by atoms with E-state index in [4.69, 9.17) is 0 Å². The molecule has 1 fully saturated rings. The maximum Gasteiger partial charge on any atom is 0.418 e. The molecule has 0 atom stereocenters. The Labute approximate surface area is 109 Å². The summed E-state index contributed by atoms with van der Waals surface area (Å²) in [6, 6.07) is 4.30. The van der Waals surface area contributed by atoms with Gasteiger partial charge in [-0.3, -0.25) is 0 Å². The van der Waals surface area contributed by atoms with Crippen LogP contribution in [-0.2, 0) is 6.18 Å². The highest BCUT2D eigenvalue weighted by Gasteiger charge is 2.40. The van der Waals surface area contributed by atoms with Crippen LogP contribution < -0.4 is 0 Å². The highest BCUT2D eigenvalue weighted by molar-refractivity contribution is 5.79. The van der Waals surface area contributed by atoms with Crippen LogP contribution in [0.3, 0.4) is 0 Å².